The molecule has 1 aromatic carbocycles. The second-order valence-corrected chi connectivity index (χ2v) is 4.21. The average molecular weight is 244 g/mol. The van der Waals surface area contributed by atoms with Crippen molar-refractivity contribution in [2.45, 2.75) is 19.8 Å². The van der Waals surface area contributed by atoms with Crippen molar-refractivity contribution in [3.63, 3.8) is 0 Å². The average Bonchev–Trinajstić information content (AvgIpc) is 2.64. The summed E-state index contributed by atoms with van der Waals surface area (Å²) in [6.45, 7) is 2.51. The molecule has 0 bridgehead atoms. The van der Waals surface area contributed by atoms with Gasteiger partial charge in [0, 0.05) is 6.54 Å². The highest BCUT2D eigenvalue weighted by molar-refractivity contribution is 6.13. The number of benzene rings is 1. The lowest BCUT2D eigenvalue weighted by atomic mass is 10.2. The fraction of sp³-hybridized carbons (Fsp3) is 0.286. The smallest absolute Gasteiger partial charge is 0.303 e. The lowest BCUT2D eigenvalue weighted by Gasteiger charge is -2.09. The molecular weight excluding hydrogens is 228 g/mol. The van der Waals surface area contributed by atoms with Gasteiger partial charge in [0.1, 0.15) is 5.70 Å². The van der Waals surface area contributed by atoms with Crippen LogP contribution in [0, 0.1) is 0 Å². The summed E-state index contributed by atoms with van der Waals surface area (Å²) in [6, 6.07) is 9.15. The third-order valence-corrected chi connectivity index (χ3v) is 2.81. The number of amides is 3. The van der Waals surface area contributed by atoms with Gasteiger partial charge >= 0.3 is 6.03 Å². The van der Waals surface area contributed by atoms with Crippen molar-refractivity contribution >= 4 is 18.0 Å². The molecule has 0 aromatic heterocycles. The van der Waals surface area contributed by atoms with Gasteiger partial charge in [-0.15, -0.1) is 0 Å². The van der Waals surface area contributed by atoms with E-state index in [1.165, 1.54) is 4.90 Å². The zero-order valence-corrected chi connectivity index (χ0v) is 10.3. The van der Waals surface area contributed by atoms with Gasteiger partial charge in [-0.05, 0) is 18.1 Å². The number of rotatable bonds is 4. The number of carbonyl (C=O) groups excluding carboxylic acids is 2. The minimum Gasteiger partial charge on any atom is -0.303 e. The monoisotopic (exact) mass is 244 g/mol. The molecule has 0 atom stereocenters. The van der Waals surface area contributed by atoms with E-state index < -0.39 is 0 Å². The van der Waals surface area contributed by atoms with Gasteiger partial charge in [-0.2, -0.15) is 0 Å². The molecule has 1 saturated heterocycles. The van der Waals surface area contributed by atoms with E-state index in [2.05, 4.69) is 5.32 Å². The maximum Gasteiger partial charge on any atom is 0.329 e. The van der Waals surface area contributed by atoms with Crippen LogP contribution in [-0.4, -0.2) is 23.4 Å². The predicted octanol–water partition coefficient (Wildman–Crippen LogP) is 2.38. The first-order valence-corrected chi connectivity index (χ1v) is 6.12. The van der Waals surface area contributed by atoms with Crippen LogP contribution in [0.5, 0.6) is 0 Å². The minimum atomic E-state index is -0.323. The number of hydrogen-bond acceptors (Lipinski definition) is 2. The number of carbonyl (C=O) groups is 2. The van der Waals surface area contributed by atoms with Crippen molar-refractivity contribution in [3.8, 4) is 0 Å². The van der Waals surface area contributed by atoms with E-state index in [4.69, 9.17) is 0 Å². The Balaban J connectivity index is 2.15. The molecule has 0 spiro atoms. The van der Waals surface area contributed by atoms with Crippen LogP contribution in [0.25, 0.3) is 6.08 Å². The number of imide groups is 1. The molecule has 1 aliphatic rings. The van der Waals surface area contributed by atoms with Gasteiger partial charge in [0.2, 0.25) is 0 Å². The first kappa shape index (κ1) is 12.4. The topological polar surface area (TPSA) is 49.4 Å². The molecular formula is C14H16N2O2. The van der Waals surface area contributed by atoms with Gasteiger partial charge < -0.3 is 5.32 Å². The van der Waals surface area contributed by atoms with Gasteiger partial charge in [0.05, 0.1) is 0 Å². The van der Waals surface area contributed by atoms with E-state index in [0.717, 1.165) is 18.4 Å². The summed E-state index contributed by atoms with van der Waals surface area (Å²) < 4.78 is 0. The lowest BCUT2D eigenvalue weighted by molar-refractivity contribution is -0.122. The number of hydrogen-bond donors (Lipinski definition) is 1. The van der Waals surface area contributed by atoms with Crippen LogP contribution in [0.3, 0.4) is 0 Å². The molecule has 4 nitrogen and oxygen atoms in total. The number of nitrogens with zero attached hydrogens (tertiary/aromatic N) is 1. The second-order valence-electron chi connectivity index (χ2n) is 4.21. The summed E-state index contributed by atoms with van der Waals surface area (Å²) in [5, 5.41) is 2.61. The Morgan fingerprint density at radius 1 is 1.22 bits per heavy atom. The Morgan fingerprint density at radius 3 is 2.61 bits per heavy atom. The summed E-state index contributed by atoms with van der Waals surface area (Å²) in [5.74, 6) is -0.239. The van der Waals surface area contributed by atoms with Gasteiger partial charge in [0.15, 0.2) is 0 Å². The molecule has 0 saturated carbocycles. The SMILES string of the molecule is CCCCN1C(=O)N/C(=C\c2ccccc2)C1=O. The van der Waals surface area contributed by atoms with E-state index in [1.807, 2.05) is 37.3 Å². The predicted molar refractivity (Wildman–Crippen MR) is 69.6 cm³/mol. The van der Waals surface area contributed by atoms with Crippen LogP contribution in [0.15, 0.2) is 36.0 Å². The summed E-state index contributed by atoms with van der Waals surface area (Å²) in [7, 11) is 0. The molecule has 1 aliphatic heterocycles. The Morgan fingerprint density at radius 2 is 1.94 bits per heavy atom. The number of unbranched alkanes of at least 4 members (excludes halogenated alkanes) is 1. The van der Waals surface area contributed by atoms with Gasteiger partial charge in [-0.1, -0.05) is 43.7 Å². The van der Waals surface area contributed by atoms with Crippen LogP contribution in [0.2, 0.25) is 0 Å². The fourth-order valence-electron chi connectivity index (χ4n) is 1.81. The fourth-order valence-corrected chi connectivity index (χ4v) is 1.81. The first-order valence-electron chi connectivity index (χ1n) is 6.12. The third kappa shape index (κ3) is 2.59. The number of nitrogens with one attached hydrogen (secondary N) is 1. The van der Waals surface area contributed by atoms with Crippen molar-refractivity contribution in [2.24, 2.45) is 0 Å². The number of urea groups is 1. The lowest BCUT2D eigenvalue weighted by Crippen LogP contribution is -2.31. The normalized spacial score (nSPS) is 17.4. The summed E-state index contributed by atoms with van der Waals surface area (Å²) >= 11 is 0. The largest absolute Gasteiger partial charge is 0.329 e. The summed E-state index contributed by atoms with van der Waals surface area (Å²) in [5.41, 5.74) is 1.25. The van der Waals surface area contributed by atoms with E-state index in [0.29, 0.717) is 12.2 Å². The Kier molecular flexibility index (Phi) is 3.77. The Hall–Kier alpha value is -2.10. The van der Waals surface area contributed by atoms with Crippen molar-refractivity contribution in [1.29, 1.82) is 0 Å². The van der Waals surface area contributed by atoms with Gasteiger partial charge in [-0.25, -0.2) is 4.79 Å². The molecule has 2 rings (SSSR count). The maximum absolute atomic E-state index is 12.0. The van der Waals surface area contributed by atoms with Crippen LogP contribution >= 0.6 is 0 Å². The molecule has 1 heterocycles. The summed E-state index contributed by atoms with van der Waals surface area (Å²) in [6.07, 6.45) is 3.48. The van der Waals surface area contributed by atoms with E-state index in [9.17, 15) is 9.59 Å². The van der Waals surface area contributed by atoms with Crippen LogP contribution in [0.4, 0.5) is 4.79 Å². The van der Waals surface area contributed by atoms with Crippen LogP contribution in [-0.2, 0) is 4.79 Å². The van der Waals surface area contributed by atoms with Crippen LogP contribution in [0.1, 0.15) is 25.3 Å². The minimum absolute atomic E-state index is 0.239. The summed E-state index contributed by atoms with van der Waals surface area (Å²) in [4.78, 5) is 24.9. The van der Waals surface area contributed by atoms with E-state index in [-0.39, 0.29) is 11.9 Å². The molecule has 0 aliphatic carbocycles. The van der Waals surface area contributed by atoms with Crippen molar-refractivity contribution in [1.82, 2.24) is 10.2 Å². The van der Waals surface area contributed by atoms with Crippen molar-refractivity contribution in [2.75, 3.05) is 6.54 Å². The quantitative estimate of drug-likeness (QED) is 0.653. The highest BCUT2D eigenvalue weighted by Gasteiger charge is 2.32. The van der Waals surface area contributed by atoms with Crippen molar-refractivity contribution in [3.05, 3.63) is 41.6 Å². The third-order valence-electron chi connectivity index (χ3n) is 2.81. The molecule has 3 amide bonds. The maximum atomic E-state index is 12.0. The molecule has 1 aromatic rings. The Labute approximate surface area is 106 Å². The molecule has 4 heteroatoms. The molecule has 1 N–H and O–H groups in total. The molecule has 94 valence electrons. The van der Waals surface area contributed by atoms with Gasteiger partial charge in [-0.3, -0.25) is 9.69 Å². The van der Waals surface area contributed by atoms with E-state index in [1.54, 1.807) is 6.08 Å². The highest BCUT2D eigenvalue weighted by Crippen LogP contribution is 2.14. The molecule has 0 radical (unpaired) electrons. The zero-order valence-electron chi connectivity index (χ0n) is 10.3. The molecule has 0 unspecified atom stereocenters. The standard InChI is InChI=1S/C14H16N2O2/c1-2-3-9-16-13(17)12(15-14(16)18)10-11-7-5-4-6-8-11/h4-8,10H,2-3,9H2,1H3,(H,15,18)/b12-10-. The molecule has 1 fully saturated rings. The van der Waals surface area contributed by atoms with Gasteiger partial charge in [0.25, 0.3) is 5.91 Å². The van der Waals surface area contributed by atoms with Crippen molar-refractivity contribution < 1.29 is 9.59 Å². The first-order chi connectivity index (χ1) is 8.72. The van der Waals surface area contributed by atoms with Crippen LogP contribution < -0.4 is 5.32 Å². The molecule has 18 heavy (non-hydrogen) atoms. The Bertz CT molecular complexity index is 480. The second kappa shape index (κ2) is 5.49. The highest BCUT2D eigenvalue weighted by atomic mass is 16.2. The van der Waals surface area contributed by atoms with E-state index >= 15 is 0 Å². The zero-order chi connectivity index (χ0) is 13.0.